The smallest absolute Gasteiger partial charge is 0.319 e. The predicted octanol–water partition coefficient (Wildman–Crippen LogP) is 4.82. The van der Waals surface area contributed by atoms with E-state index in [-0.39, 0.29) is 11.3 Å². The first-order chi connectivity index (χ1) is 11.5. The van der Waals surface area contributed by atoms with E-state index in [9.17, 15) is 13.2 Å². The highest BCUT2D eigenvalue weighted by atomic mass is 19.4. The molecule has 1 unspecified atom stereocenters. The zero-order valence-corrected chi connectivity index (χ0v) is 12.7. The fourth-order valence-electron chi connectivity index (χ4n) is 2.56. The molecule has 5 heteroatoms. The number of nitrogens with two attached hydrogens (primary N) is 1. The molecule has 3 rings (SSSR count). The number of rotatable bonds is 3. The van der Waals surface area contributed by atoms with E-state index in [1.165, 1.54) is 12.1 Å². The van der Waals surface area contributed by atoms with Crippen LogP contribution < -0.4 is 5.73 Å². The van der Waals surface area contributed by atoms with Gasteiger partial charge in [0.15, 0.2) is 0 Å². The van der Waals surface area contributed by atoms with Crippen LogP contribution in [0.4, 0.5) is 13.2 Å². The third-order valence-electron chi connectivity index (χ3n) is 3.76. The first-order valence-corrected chi connectivity index (χ1v) is 7.41. The van der Waals surface area contributed by atoms with Gasteiger partial charge in [-0.2, -0.15) is 13.2 Å². The quantitative estimate of drug-likeness (QED) is 0.749. The summed E-state index contributed by atoms with van der Waals surface area (Å²) in [4.78, 5) is 4.37. The second-order valence-electron chi connectivity index (χ2n) is 5.38. The van der Waals surface area contributed by atoms with Crippen molar-refractivity contribution in [3.63, 3.8) is 0 Å². The van der Waals surface area contributed by atoms with Crippen molar-refractivity contribution in [3.05, 3.63) is 89.6 Å². The molecule has 0 fully saturated rings. The van der Waals surface area contributed by atoms with Gasteiger partial charge in [0.05, 0.1) is 23.0 Å². The average Bonchev–Trinajstić information content (AvgIpc) is 2.61. The van der Waals surface area contributed by atoms with Gasteiger partial charge in [-0.25, -0.2) is 0 Å². The van der Waals surface area contributed by atoms with Crippen molar-refractivity contribution in [2.24, 2.45) is 5.73 Å². The van der Waals surface area contributed by atoms with Crippen LogP contribution in [-0.2, 0) is 6.18 Å². The normalized spacial score (nSPS) is 12.8. The molecule has 0 aliphatic carbocycles. The van der Waals surface area contributed by atoms with Gasteiger partial charge in [0.2, 0.25) is 0 Å². The van der Waals surface area contributed by atoms with E-state index < -0.39 is 17.8 Å². The first-order valence-electron chi connectivity index (χ1n) is 7.41. The Balaban J connectivity index is 2.04. The highest BCUT2D eigenvalue weighted by Crippen LogP contribution is 2.36. The molecule has 0 saturated heterocycles. The second-order valence-corrected chi connectivity index (χ2v) is 5.38. The van der Waals surface area contributed by atoms with E-state index in [4.69, 9.17) is 5.73 Å². The summed E-state index contributed by atoms with van der Waals surface area (Å²) in [7, 11) is 0. The Labute approximate surface area is 137 Å². The van der Waals surface area contributed by atoms with E-state index in [2.05, 4.69) is 4.98 Å². The maximum Gasteiger partial charge on any atom is 0.417 e. The maximum absolute atomic E-state index is 13.2. The molecule has 2 N–H and O–H groups in total. The number of hydrogen-bond donors (Lipinski definition) is 1. The lowest BCUT2D eigenvalue weighted by Gasteiger charge is -2.15. The lowest BCUT2D eigenvalue weighted by Crippen LogP contribution is -2.14. The Bertz CT molecular complexity index is 829. The molecule has 0 aliphatic rings. The van der Waals surface area contributed by atoms with Crippen LogP contribution in [0.2, 0.25) is 0 Å². The summed E-state index contributed by atoms with van der Waals surface area (Å²) >= 11 is 0. The summed E-state index contributed by atoms with van der Waals surface area (Å²) in [6.45, 7) is 0. The van der Waals surface area contributed by atoms with Crippen LogP contribution in [-0.4, -0.2) is 4.98 Å². The molecule has 0 radical (unpaired) electrons. The molecule has 1 atom stereocenters. The summed E-state index contributed by atoms with van der Waals surface area (Å²) in [5.74, 6) is 0. The number of nitrogens with zero attached hydrogens (tertiary/aromatic N) is 1. The summed E-state index contributed by atoms with van der Waals surface area (Å²) in [5.41, 5.74) is 7.18. The molecule has 0 amide bonds. The van der Waals surface area contributed by atoms with Crippen LogP contribution in [0.15, 0.2) is 72.8 Å². The Morgan fingerprint density at radius 1 is 0.792 bits per heavy atom. The molecule has 0 aliphatic heterocycles. The van der Waals surface area contributed by atoms with Gasteiger partial charge < -0.3 is 5.73 Å². The minimum absolute atomic E-state index is 0.0483. The Hall–Kier alpha value is -2.66. The van der Waals surface area contributed by atoms with E-state index in [1.54, 1.807) is 24.3 Å². The van der Waals surface area contributed by atoms with Crippen LogP contribution in [0.1, 0.15) is 22.9 Å². The van der Waals surface area contributed by atoms with E-state index in [0.717, 1.165) is 11.6 Å². The average molecular weight is 328 g/mol. The molecule has 1 heterocycles. The van der Waals surface area contributed by atoms with Crippen molar-refractivity contribution in [2.45, 2.75) is 12.2 Å². The Kier molecular flexibility index (Phi) is 4.36. The zero-order valence-electron chi connectivity index (χ0n) is 12.7. The van der Waals surface area contributed by atoms with E-state index in [0.29, 0.717) is 5.69 Å². The third-order valence-corrected chi connectivity index (χ3v) is 3.76. The highest BCUT2D eigenvalue weighted by molar-refractivity contribution is 5.64. The molecule has 0 bridgehead atoms. The largest absolute Gasteiger partial charge is 0.417 e. The highest BCUT2D eigenvalue weighted by Gasteiger charge is 2.33. The van der Waals surface area contributed by atoms with Crippen molar-refractivity contribution in [1.29, 1.82) is 0 Å². The van der Waals surface area contributed by atoms with Crippen molar-refractivity contribution in [2.75, 3.05) is 0 Å². The van der Waals surface area contributed by atoms with E-state index >= 15 is 0 Å². The third kappa shape index (κ3) is 3.31. The van der Waals surface area contributed by atoms with Crippen LogP contribution in [0, 0.1) is 0 Å². The summed E-state index contributed by atoms with van der Waals surface area (Å²) < 4.78 is 39.6. The monoisotopic (exact) mass is 328 g/mol. The van der Waals surface area contributed by atoms with Gasteiger partial charge >= 0.3 is 6.18 Å². The molecule has 1 aromatic heterocycles. The number of pyridine rings is 1. The van der Waals surface area contributed by atoms with Gasteiger partial charge in [0.1, 0.15) is 0 Å². The minimum Gasteiger partial charge on any atom is -0.319 e. The molecular weight excluding hydrogens is 313 g/mol. The fourth-order valence-corrected chi connectivity index (χ4v) is 2.56. The number of alkyl halides is 3. The summed E-state index contributed by atoms with van der Waals surface area (Å²) in [6, 6.07) is 19.2. The topological polar surface area (TPSA) is 38.9 Å². The van der Waals surface area contributed by atoms with Crippen molar-refractivity contribution in [3.8, 4) is 11.3 Å². The number of halogens is 3. The lowest BCUT2D eigenvalue weighted by atomic mass is 10.0. The van der Waals surface area contributed by atoms with Crippen molar-refractivity contribution >= 4 is 0 Å². The first kappa shape index (κ1) is 16.2. The minimum atomic E-state index is -4.43. The van der Waals surface area contributed by atoms with Gasteiger partial charge in [-0.3, -0.25) is 4.98 Å². The van der Waals surface area contributed by atoms with Gasteiger partial charge in [-0.15, -0.1) is 0 Å². The summed E-state index contributed by atoms with van der Waals surface area (Å²) in [5, 5.41) is 0. The molecule has 0 saturated carbocycles. The van der Waals surface area contributed by atoms with Crippen LogP contribution in [0.5, 0.6) is 0 Å². The summed E-state index contributed by atoms with van der Waals surface area (Å²) in [6.07, 6.45) is -4.43. The van der Waals surface area contributed by atoms with Crippen LogP contribution in [0.3, 0.4) is 0 Å². The number of benzene rings is 2. The Morgan fingerprint density at radius 2 is 1.46 bits per heavy atom. The van der Waals surface area contributed by atoms with Crippen molar-refractivity contribution in [1.82, 2.24) is 4.98 Å². The molecule has 3 aromatic rings. The number of aromatic nitrogens is 1. The standard InChI is InChI=1S/C19H15F3N2/c20-19(21,22)15-10-5-4-9-14(15)16-11-6-12-17(24-16)18(23)13-7-2-1-3-8-13/h1-12,18H,23H2. The van der Waals surface area contributed by atoms with Gasteiger partial charge in [-0.05, 0) is 23.8 Å². The maximum atomic E-state index is 13.2. The molecular formula is C19H15F3N2. The molecule has 2 aromatic carbocycles. The van der Waals surface area contributed by atoms with Crippen LogP contribution >= 0.6 is 0 Å². The van der Waals surface area contributed by atoms with Gasteiger partial charge in [0.25, 0.3) is 0 Å². The molecule has 122 valence electrons. The van der Waals surface area contributed by atoms with E-state index in [1.807, 2.05) is 30.3 Å². The lowest BCUT2D eigenvalue weighted by molar-refractivity contribution is -0.137. The second kappa shape index (κ2) is 6.45. The molecule has 0 spiro atoms. The fraction of sp³-hybridized carbons (Fsp3) is 0.105. The van der Waals surface area contributed by atoms with Gasteiger partial charge in [0, 0.05) is 5.56 Å². The van der Waals surface area contributed by atoms with Crippen molar-refractivity contribution < 1.29 is 13.2 Å². The zero-order chi connectivity index (χ0) is 17.2. The number of hydrogen-bond acceptors (Lipinski definition) is 2. The molecule has 2 nitrogen and oxygen atoms in total. The molecule has 24 heavy (non-hydrogen) atoms. The van der Waals surface area contributed by atoms with Gasteiger partial charge in [-0.1, -0.05) is 54.6 Å². The predicted molar refractivity (Wildman–Crippen MR) is 87.1 cm³/mol. The Morgan fingerprint density at radius 3 is 2.17 bits per heavy atom. The SMILES string of the molecule is NC(c1ccccc1)c1cccc(-c2ccccc2C(F)(F)F)n1. The van der Waals surface area contributed by atoms with Crippen LogP contribution in [0.25, 0.3) is 11.3 Å².